The zero-order valence-electron chi connectivity index (χ0n) is 32.9. The van der Waals surface area contributed by atoms with E-state index in [1.807, 2.05) is 0 Å². The first kappa shape index (κ1) is 34.5. The molecule has 0 spiro atoms. The van der Waals surface area contributed by atoms with Crippen molar-refractivity contribution in [3.8, 4) is 0 Å². The van der Waals surface area contributed by atoms with Crippen LogP contribution in [0.4, 0.5) is 28.4 Å². The average Bonchev–Trinajstić information content (AvgIpc) is 3.02. The second-order valence-corrected chi connectivity index (χ2v) is 19.4. The van der Waals surface area contributed by atoms with Gasteiger partial charge < -0.3 is 14.7 Å². The molecular weight excluding hydrogens is 607 g/mol. The van der Waals surface area contributed by atoms with Crippen LogP contribution < -0.4 is 14.7 Å². The Kier molecular flexibility index (Phi) is 7.94. The van der Waals surface area contributed by atoms with Gasteiger partial charge in [0.25, 0.3) is 0 Å². The number of rotatable bonds is 2. The maximum atomic E-state index is 2.77. The van der Waals surface area contributed by atoms with Crippen LogP contribution in [0.15, 0.2) is 108 Å². The predicted octanol–water partition coefficient (Wildman–Crippen LogP) is 12.8. The topological polar surface area (TPSA) is 9.72 Å². The highest BCUT2D eigenvalue weighted by Gasteiger charge is 2.48. The normalized spacial score (nSPS) is 22.0. The fourth-order valence-corrected chi connectivity index (χ4v) is 8.24. The first-order chi connectivity index (χ1) is 23.2. The van der Waals surface area contributed by atoms with Crippen molar-refractivity contribution in [2.75, 3.05) is 14.7 Å². The lowest BCUT2D eigenvalue weighted by molar-refractivity contribution is 0.285. The summed E-state index contributed by atoms with van der Waals surface area (Å²) in [6, 6.07) is 23.9. The van der Waals surface area contributed by atoms with E-state index in [9.17, 15) is 0 Å². The highest BCUT2D eigenvalue weighted by molar-refractivity contribution is 5.98. The number of nitrogens with zero attached hydrogens (tertiary/aromatic N) is 3. The molecule has 3 aromatic carbocycles. The van der Waals surface area contributed by atoms with E-state index >= 15 is 0 Å². The highest BCUT2D eigenvalue weighted by Crippen LogP contribution is 2.58. The number of hydrogen-bond donors (Lipinski definition) is 0. The van der Waals surface area contributed by atoms with Gasteiger partial charge in [-0.05, 0) is 106 Å². The first-order valence-electron chi connectivity index (χ1n) is 18.8. The minimum Gasteiger partial charge on any atom is -0.330 e. The van der Waals surface area contributed by atoms with Crippen molar-refractivity contribution in [1.82, 2.24) is 0 Å². The van der Waals surface area contributed by atoms with Gasteiger partial charge in [-0.25, -0.2) is 0 Å². The number of aryl methyl sites for hydroxylation is 1. The van der Waals surface area contributed by atoms with Gasteiger partial charge in [0, 0.05) is 17.1 Å². The van der Waals surface area contributed by atoms with Crippen molar-refractivity contribution >= 4 is 28.4 Å². The lowest BCUT2D eigenvalue weighted by Gasteiger charge is -2.55. The van der Waals surface area contributed by atoms with Crippen LogP contribution in [-0.2, 0) is 10.8 Å². The van der Waals surface area contributed by atoms with Crippen LogP contribution in [0.3, 0.4) is 0 Å². The van der Waals surface area contributed by atoms with Gasteiger partial charge in [-0.3, -0.25) is 0 Å². The van der Waals surface area contributed by atoms with Gasteiger partial charge in [0.2, 0.25) is 0 Å². The molecule has 3 heteroatoms. The van der Waals surface area contributed by atoms with Crippen LogP contribution in [0.25, 0.3) is 0 Å². The Bertz CT molecular complexity index is 1920. The van der Waals surface area contributed by atoms with E-state index < -0.39 is 0 Å². The maximum absolute atomic E-state index is 2.77. The molecule has 262 valence electrons. The molecule has 0 amide bonds. The zero-order valence-corrected chi connectivity index (χ0v) is 32.9. The van der Waals surface area contributed by atoms with Gasteiger partial charge in [-0.15, -0.1) is 0 Å². The van der Waals surface area contributed by atoms with Gasteiger partial charge in [0.15, 0.2) is 0 Å². The molecule has 0 radical (unpaired) electrons. The van der Waals surface area contributed by atoms with Gasteiger partial charge in [-0.1, -0.05) is 132 Å². The summed E-state index contributed by atoms with van der Waals surface area (Å²) in [5.74, 6) is 0.438. The molecule has 3 unspecified atom stereocenters. The molecule has 0 aromatic heterocycles. The number of hydrogen-bond acceptors (Lipinski definition) is 3. The Morgan fingerprint density at radius 1 is 0.580 bits per heavy atom. The fraction of sp³-hybridized carbons (Fsp3) is 0.447. The number of benzene rings is 3. The lowest BCUT2D eigenvalue weighted by atomic mass is 9.74. The maximum Gasteiger partial charge on any atom is 0.0901 e. The van der Waals surface area contributed by atoms with Crippen LogP contribution in [0.2, 0.25) is 0 Å². The van der Waals surface area contributed by atoms with Crippen molar-refractivity contribution in [3.05, 3.63) is 125 Å². The van der Waals surface area contributed by atoms with Crippen molar-refractivity contribution in [3.63, 3.8) is 0 Å². The number of fused-ring (bicyclic) bond motifs is 3. The van der Waals surface area contributed by atoms with Crippen molar-refractivity contribution in [2.24, 2.45) is 16.7 Å². The Labute approximate surface area is 303 Å². The van der Waals surface area contributed by atoms with Gasteiger partial charge in [0.05, 0.1) is 34.8 Å². The molecule has 0 saturated heterocycles. The first-order valence-corrected chi connectivity index (χ1v) is 18.8. The minimum atomic E-state index is 0.0469. The van der Waals surface area contributed by atoms with E-state index in [4.69, 9.17) is 0 Å². The summed E-state index contributed by atoms with van der Waals surface area (Å²) in [5, 5.41) is 0. The molecule has 0 fully saturated rings. The van der Waals surface area contributed by atoms with E-state index in [2.05, 4.69) is 196 Å². The molecule has 2 aliphatic heterocycles. The van der Waals surface area contributed by atoms with Gasteiger partial charge in [-0.2, -0.15) is 0 Å². The molecule has 3 atom stereocenters. The second kappa shape index (κ2) is 11.5. The predicted molar refractivity (Wildman–Crippen MR) is 216 cm³/mol. The van der Waals surface area contributed by atoms with Crippen LogP contribution in [0, 0.1) is 23.7 Å². The summed E-state index contributed by atoms with van der Waals surface area (Å²) in [5.41, 5.74) is 14.8. The molecular formula is C47H59N3. The summed E-state index contributed by atoms with van der Waals surface area (Å²) >= 11 is 0. The Balaban J connectivity index is 1.51. The van der Waals surface area contributed by atoms with E-state index in [0.29, 0.717) is 5.92 Å². The molecule has 0 bridgehead atoms. The molecule has 2 aliphatic carbocycles. The average molecular weight is 666 g/mol. The third kappa shape index (κ3) is 5.85. The minimum absolute atomic E-state index is 0.0469. The van der Waals surface area contributed by atoms with Crippen LogP contribution in [0.5, 0.6) is 0 Å². The van der Waals surface area contributed by atoms with E-state index in [1.165, 1.54) is 62.1 Å². The van der Waals surface area contributed by atoms with Crippen molar-refractivity contribution in [2.45, 2.75) is 119 Å². The molecule has 50 heavy (non-hydrogen) atoms. The Morgan fingerprint density at radius 2 is 1.14 bits per heavy atom. The second-order valence-electron chi connectivity index (χ2n) is 19.4. The van der Waals surface area contributed by atoms with Crippen molar-refractivity contribution in [1.29, 1.82) is 0 Å². The molecule has 3 nitrogen and oxygen atoms in total. The Morgan fingerprint density at radius 3 is 1.68 bits per heavy atom. The monoisotopic (exact) mass is 665 g/mol. The lowest BCUT2D eigenvalue weighted by Crippen LogP contribution is -2.56. The van der Waals surface area contributed by atoms with E-state index in [1.54, 1.807) is 0 Å². The molecule has 4 aliphatic rings. The third-order valence-corrected chi connectivity index (χ3v) is 11.4. The van der Waals surface area contributed by atoms with E-state index in [-0.39, 0.29) is 33.7 Å². The number of allylic oxidation sites excluding steroid dienone is 5. The zero-order chi connectivity index (χ0) is 36.1. The molecule has 7 rings (SSSR count). The van der Waals surface area contributed by atoms with E-state index in [0.717, 1.165) is 6.42 Å². The molecule has 0 saturated carbocycles. The van der Waals surface area contributed by atoms with Crippen LogP contribution >= 0.6 is 0 Å². The van der Waals surface area contributed by atoms with Gasteiger partial charge in [0.1, 0.15) is 0 Å². The van der Waals surface area contributed by atoms with Crippen molar-refractivity contribution < 1.29 is 0 Å². The largest absolute Gasteiger partial charge is 0.330 e. The summed E-state index contributed by atoms with van der Waals surface area (Å²) in [6.07, 6.45) is 13.4. The summed E-state index contributed by atoms with van der Waals surface area (Å²) in [6.45, 7) is 30.3. The molecule has 2 heterocycles. The fourth-order valence-electron chi connectivity index (χ4n) is 8.24. The third-order valence-electron chi connectivity index (χ3n) is 11.4. The smallest absolute Gasteiger partial charge is 0.0901 e. The van der Waals surface area contributed by atoms with Crippen LogP contribution in [-0.4, -0.2) is 12.1 Å². The van der Waals surface area contributed by atoms with Crippen LogP contribution in [0.1, 0.15) is 106 Å². The SMILES string of the molecule is Cc1cc2c3c(c1)N(c1ccc(C(C)(C)C)cc1)C1C=CC(C(C)(C)C)=CC1N3C1=C(C=CC(C(C)(C)C)C1)N2c1ccc(C(C)(C)C)cc1. The summed E-state index contributed by atoms with van der Waals surface area (Å²) < 4.78 is 0. The molecule has 3 aromatic rings. The highest BCUT2D eigenvalue weighted by atomic mass is 15.4. The standard InChI is InChI=1S/C47H59N3/c1-30-26-41-43-42(27-30)49(36-22-16-32(17-23-36)45(5,6)7)38-25-19-34(47(11,12)13)29-40(38)50(43)39-28-33(46(8,9)10)18-24-37(39)48(41)35-20-14-31(15-21-35)44(2,3)4/h14-28,34,37,39H,29H2,1-13H3. The summed E-state index contributed by atoms with van der Waals surface area (Å²) in [4.78, 5) is 7.97. The van der Waals surface area contributed by atoms with Gasteiger partial charge >= 0.3 is 0 Å². The summed E-state index contributed by atoms with van der Waals surface area (Å²) in [7, 11) is 0. The Hall–Kier alpha value is -3.98. The molecule has 0 N–H and O–H groups in total. The quantitative estimate of drug-likeness (QED) is 0.270. The number of anilines is 5.